The maximum atomic E-state index is 12.7. The van der Waals surface area contributed by atoms with Crippen LogP contribution >= 0.6 is 0 Å². The average molecular weight is 372 g/mol. The lowest BCUT2D eigenvalue weighted by Gasteiger charge is -2.19. The van der Waals surface area contributed by atoms with Gasteiger partial charge in [-0.15, -0.1) is 0 Å². The number of amides is 1. The van der Waals surface area contributed by atoms with Gasteiger partial charge in [-0.05, 0) is 60.7 Å². The van der Waals surface area contributed by atoms with Crippen molar-refractivity contribution in [1.29, 1.82) is 0 Å². The summed E-state index contributed by atoms with van der Waals surface area (Å²) in [7, 11) is -3.70. The fraction of sp³-hybridized carbons (Fsp3) is 0.350. The summed E-state index contributed by atoms with van der Waals surface area (Å²) in [6.45, 7) is 9.87. The van der Waals surface area contributed by atoms with Gasteiger partial charge in [0.05, 0.1) is 10.3 Å². The van der Waals surface area contributed by atoms with E-state index < -0.39 is 15.4 Å². The van der Waals surface area contributed by atoms with Crippen LogP contribution < -0.4 is 10.0 Å². The lowest BCUT2D eigenvalue weighted by Crippen LogP contribution is -2.26. The standard InChI is InChI=1S/C20H24N2O3S/c1-19(2,3)13-6-9-15(10-7-13)26(24,25)22-14-8-11-17-16(12-14)20(4,5)18(23)21-17/h6-12,22H,1-5H3,(H,21,23). The number of carbonyl (C=O) groups excluding carboxylic acids is 1. The first-order valence-electron chi connectivity index (χ1n) is 8.51. The second kappa shape index (κ2) is 5.84. The van der Waals surface area contributed by atoms with Gasteiger partial charge in [-0.25, -0.2) is 8.42 Å². The summed E-state index contributed by atoms with van der Waals surface area (Å²) in [5, 5.41) is 2.81. The van der Waals surface area contributed by atoms with Crippen molar-refractivity contribution in [2.75, 3.05) is 10.0 Å². The van der Waals surface area contributed by atoms with Crippen LogP contribution in [-0.4, -0.2) is 14.3 Å². The first-order valence-corrected chi connectivity index (χ1v) is 9.99. The van der Waals surface area contributed by atoms with E-state index in [-0.39, 0.29) is 16.2 Å². The first kappa shape index (κ1) is 18.5. The number of nitrogens with one attached hydrogen (secondary N) is 2. The number of hydrogen-bond acceptors (Lipinski definition) is 3. The normalized spacial score (nSPS) is 16.1. The molecule has 0 spiro atoms. The zero-order valence-electron chi connectivity index (χ0n) is 15.7. The number of rotatable bonds is 3. The molecule has 2 aromatic carbocycles. The molecular formula is C20H24N2O3S. The number of hydrogen-bond donors (Lipinski definition) is 2. The van der Waals surface area contributed by atoms with Crippen LogP contribution in [0.5, 0.6) is 0 Å². The van der Waals surface area contributed by atoms with Crippen LogP contribution in [0.3, 0.4) is 0 Å². The van der Waals surface area contributed by atoms with E-state index in [4.69, 9.17) is 0 Å². The molecule has 0 radical (unpaired) electrons. The summed E-state index contributed by atoms with van der Waals surface area (Å²) in [6, 6.07) is 12.0. The van der Waals surface area contributed by atoms with Gasteiger partial charge in [0, 0.05) is 11.4 Å². The number of carbonyl (C=O) groups is 1. The molecule has 138 valence electrons. The molecule has 1 amide bonds. The highest BCUT2D eigenvalue weighted by atomic mass is 32.2. The second-order valence-corrected chi connectivity index (χ2v) is 9.90. The van der Waals surface area contributed by atoms with E-state index in [2.05, 4.69) is 30.8 Å². The minimum atomic E-state index is -3.70. The van der Waals surface area contributed by atoms with Crippen molar-refractivity contribution in [2.24, 2.45) is 0 Å². The van der Waals surface area contributed by atoms with Gasteiger partial charge in [-0.1, -0.05) is 32.9 Å². The molecule has 6 heteroatoms. The van der Waals surface area contributed by atoms with E-state index in [1.54, 1.807) is 30.3 Å². The SMILES string of the molecule is CC(C)(C)c1ccc(S(=O)(=O)Nc2ccc3c(c2)C(C)(C)C(=O)N3)cc1. The molecule has 0 saturated carbocycles. The quantitative estimate of drug-likeness (QED) is 0.855. The third-order valence-corrected chi connectivity index (χ3v) is 6.19. The minimum Gasteiger partial charge on any atom is -0.325 e. The Morgan fingerprint density at radius 1 is 1.00 bits per heavy atom. The van der Waals surface area contributed by atoms with Crippen LogP contribution in [0.1, 0.15) is 45.7 Å². The Morgan fingerprint density at radius 2 is 1.62 bits per heavy atom. The van der Waals surface area contributed by atoms with Crippen molar-refractivity contribution in [3.8, 4) is 0 Å². The molecule has 0 unspecified atom stereocenters. The summed E-state index contributed by atoms with van der Waals surface area (Å²) in [4.78, 5) is 12.2. The van der Waals surface area contributed by atoms with E-state index >= 15 is 0 Å². The molecule has 1 aliphatic heterocycles. The van der Waals surface area contributed by atoms with Gasteiger partial charge in [-0.3, -0.25) is 9.52 Å². The molecule has 2 aromatic rings. The molecule has 1 heterocycles. The van der Waals surface area contributed by atoms with Crippen molar-refractivity contribution in [1.82, 2.24) is 0 Å². The zero-order chi connectivity index (χ0) is 19.3. The smallest absolute Gasteiger partial charge is 0.261 e. The predicted molar refractivity (Wildman–Crippen MR) is 104 cm³/mol. The molecule has 0 saturated heterocycles. The Hall–Kier alpha value is -2.34. The monoisotopic (exact) mass is 372 g/mol. The summed E-state index contributed by atoms with van der Waals surface area (Å²) < 4.78 is 28.0. The van der Waals surface area contributed by atoms with Crippen LogP contribution in [0.25, 0.3) is 0 Å². The Bertz CT molecular complexity index is 969. The van der Waals surface area contributed by atoms with Crippen molar-refractivity contribution >= 4 is 27.3 Å². The van der Waals surface area contributed by atoms with Gasteiger partial charge in [-0.2, -0.15) is 0 Å². The molecule has 0 aromatic heterocycles. The lowest BCUT2D eigenvalue weighted by molar-refractivity contribution is -0.119. The van der Waals surface area contributed by atoms with Gasteiger partial charge in [0.25, 0.3) is 10.0 Å². The largest absolute Gasteiger partial charge is 0.325 e. The fourth-order valence-corrected chi connectivity index (χ4v) is 4.03. The summed E-state index contributed by atoms with van der Waals surface area (Å²) >= 11 is 0. The highest BCUT2D eigenvalue weighted by Gasteiger charge is 2.38. The van der Waals surface area contributed by atoms with Crippen LogP contribution in [0.15, 0.2) is 47.4 Å². The van der Waals surface area contributed by atoms with Crippen LogP contribution in [-0.2, 0) is 25.6 Å². The molecule has 0 atom stereocenters. The third-order valence-electron chi connectivity index (χ3n) is 4.79. The molecule has 1 aliphatic rings. The third kappa shape index (κ3) is 3.21. The molecule has 0 bridgehead atoms. The van der Waals surface area contributed by atoms with E-state index in [1.807, 2.05) is 26.0 Å². The van der Waals surface area contributed by atoms with Gasteiger partial charge in [0.15, 0.2) is 0 Å². The van der Waals surface area contributed by atoms with E-state index in [9.17, 15) is 13.2 Å². The van der Waals surface area contributed by atoms with E-state index in [0.717, 1.165) is 16.8 Å². The van der Waals surface area contributed by atoms with Crippen molar-refractivity contribution < 1.29 is 13.2 Å². The summed E-state index contributed by atoms with van der Waals surface area (Å²) in [6.07, 6.45) is 0. The molecule has 3 rings (SSSR count). The maximum absolute atomic E-state index is 12.7. The number of anilines is 2. The van der Waals surface area contributed by atoms with Gasteiger partial charge < -0.3 is 5.32 Å². The number of sulfonamides is 1. The average Bonchev–Trinajstić information content (AvgIpc) is 2.76. The van der Waals surface area contributed by atoms with Crippen molar-refractivity contribution in [3.63, 3.8) is 0 Å². The molecule has 0 aliphatic carbocycles. The Kier molecular flexibility index (Phi) is 4.15. The van der Waals surface area contributed by atoms with Crippen LogP contribution in [0.2, 0.25) is 0 Å². The van der Waals surface area contributed by atoms with Crippen LogP contribution in [0.4, 0.5) is 11.4 Å². The Balaban J connectivity index is 1.90. The molecule has 26 heavy (non-hydrogen) atoms. The van der Waals surface area contributed by atoms with Gasteiger partial charge >= 0.3 is 0 Å². The zero-order valence-corrected chi connectivity index (χ0v) is 16.5. The minimum absolute atomic E-state index is 0.0408. The molecule has 2 N–H and O–H groups in total. The predicted octanol–water partition coefficient (Wildman–Crippen LogP) is 4.01. The highest BCUT2D eigenvalue weighted by molar-refractivity contribution is 7.92. The number of fused-ring (bicyclic) bond motifs is 1. The first-order chi connectivity index (χ1) is 11.9. The summed E-state index contributed by atoms with van der Waals surface area (Å²) in [5.41, 5.74) is 2.28. The Labute approximate surface area is 154 Å². The van der Waals surface area contributed by atoms with E-state index in [0.29, 0.717) is 5.69 Å². The van der Waals surface area contributed by atoms with Crippen molar-refractivity contribution in [3.05, 3.63) is 53.6 Å². The molecule has 0 fully saturated rings. The Morgan fingerprint density at radius 3 is 2.19 bits per heavy atom. The van der Waals surface area contributed by atoms with Gasteiger partial charge in [0.1, 0.15) is 0 Å². The topological polar surface area (TPSA) is 75.3 Å². The lowest BCUT2D eigenvalue weighted by atomic mass is 9.86. The second-order valence-electron chi connectivity index (χ2n) is 8.22. The fourth-order valence-electron chi connectivity index (χ4n) is 2.98. The maximum Gasteiger partial charge on any atom is 0.261 e. The molecular weight excluding hydrogens is 348 g/mol. The van der Waals surface area contributed by atoms with Crippen LogP contribution in [0, 0.1) is 0 Å². The highest BCUT2D eigenvalue weighted by Crippen LogP contribution is 2.39. The van der Waals surface area contributed by atoms with Crippen molar-refractivity contribution in [2.45, 2.75) is 50.3 Å². The van der Waals surface area contributed by atoms with Gasteiger partial charge in [0.2, 0.25) is 5.91 Å². The van der Waals surface area contributed by atoms with E-state index in [1.165, 1.54) is 0 Å². The number of benzene rings is 2. The molecule has 5 nitrogen and oxygen atoms in total. The summed E-state index contributed by atoms with van der Waals surface area (Å²) in [5.74, 6) is -0.0923.